The average molecular weight is 396 g/mol. The quantitative estimate of drug-likeness (QED) is 0.795. The van der Waals surface area contributed by atoms with Gasteiger partial charge in [0.25, 0.3) is 0 Å². The minimum absolute atomic E-state index is 0.0624. The number of piperazine rings is 1. The van der Waals surface area contributed by atoms with E-state index in [-0.39, 0.29) is 11.9 Å². The third-order valence-electron chi connectivity index (χ3n) is 3.80. The predicted octanol–water partition coefficient (Wildman–Crippen LogP) is 2.34. The van der Waals surface area contributed by atoms with E-state index in [1.165, 1.54) is 0 Å². The second-order valence-corrected chi connectivity index (χ2v) is 6.28. The Balaban J connectivity index is 1.94. The highest BCUT2D eigenvalue weighted by Crippen LogP contribution is 2.24. The summed E-state index contributed by atoms with van der Waals surface area (Å²) >= 11 is 3.41. The number of urea groups is 1. The largest absolute Gasteiger partial charge is 0.496 e. The van der Waals surface area contributed by atoms with Crippen LogP contribution in [0.2, 0.25) is 0 Å². The molecule has 1 aromatic carbocycles. The summed E-state index contributed by atoms with van der Waals surface area (Å²) in [6.07, 6.45) is 3.30. The molecule has 0 spiro atoms. The molecule has 3 amide bonds. The Morgan fingerprint density at radius 2 is 1.92 bits per heavy atom. The van der Waals surface area contributed by atoms with Crippen LogP contribution in [0.1, 0.15) is 12.5 Å². The Kier molecular flexibility index (Phi) is 6.66. The van der Waals surface area contributed by atoms with Gasteiger partial charge in [-0.25, -0.2) is 4.79 Å². The zero-order valence-electron chi connectivity index (χ0n) is 13.9. The first kappa shape index (κ1) is 18.3. The molecule has 1 aromatic rings. The molecule has 0 aromatic heterocycles. The van der Waals surface area contributed by atoms with Gasteiger partial charge >= 0.3 is 6.03 Å². The van der Waals surface area contributed by atoms with Crippen molar-refractivity contribution in [3.05, 3.63) is 34.3 Å². The van der Waals surface area contributed by atoms with Crippen molar-refractivity contribution in [2.24, 2.45) is 0 Å². The van der Waals surface area contributed by atoms with Crippen LogP contribution in [0, 0.1) is 0 Å². The van der Waals surface area contributed by atoms with E-state index in [0.29, 0.717) is 38.5 Å². The van der Waals surface area contributed by atoms with Gasteiger partial charge in [0.1, 0.15) is 5.75 Å². The maximum atomic E-state index is 12.3. The Hall–Kier alpha value is -2.02. The van der Waals surface area contributed by atoms with Gasteiger partial charge in [0, 0.05) is 48.8 Å². The lowest BCUT2D eigenvalue weighted by Gasteiger charge is -2.34. The van der Waals surface area contributed by atoms with Gasteiger partial charge in [0.2, 0.25) is 5.91 Å². The van der Waals surface area contributed by atoms with Crippen LogP contribution >= 0.6 is 15.9 Å². The van der Waals surface area contributed by atoms with Crippen molar-refractivity contribution >= 4 is 33.9 Å². The topological polar surface area (TPSA) is 61.9 Å². The molecular weight excluding hydrogens is 374 g/mol. The van der Waals surface area contributed by atoms with E-state index in [1.807, 2.05) is 25.1 Å². The van der Waals surface area contributed by atoms with Gasteiger partial charge < -0.3 is 19.9 Å². The molecule has 1 N–H and O–H groups in total. The highest BCUT2D eigenvalue weighted by atomic mass is 79.9. The number of carbonyl (C=O) groups is 2. The van der Waals surface area contributed by atoms with Crippen molar-refractivity contribution in [2.75, 3.05) is 39.8 Å². The first-order valence-corrected chi connectivity index (χ1v) is 8.67. The van der Waals surface area contributed by atoms with Crippen LogP contribution in [0.4, 0.5) is 4.79 Å². The Morgan fingerprint density at radius 1 is 1.25 bits per heavy atom. The maximum Gasteiger partial charge on any atom is 0.317 e. The van der Waals surface area contributed by atoms with Crippen LogP contribution in [-0.2, 0) is 4.79 Å². The first-order chi connectivity index (χ1) is 11.5. The predicted molar refractivity (Wildman–Crippen MR) is 97.0 cm³/mol. The van der Waals surface area contributed by atoms with Crippen molar-refractivity contribution in [2.45, 2.75) is 6.92 Å². The number of nitrogens with zero attached hydrogens (tertiary/aromatic N) is 2. The lowest BCUT2D eigenvalue weighted by molar-refractivity contribution is -0.127. The molecule has 0 unspecified atom stereocenters. The zero-order chi connectivity index (χ0) is 17.5. The molecule has 0 atom stereocenters. The summed E-state index contributed by atoms with van der Waals surface area (Å²) in [6.45, 7) is 4.66. The van der Waals surface area contributed by atoms with Crippen molar-refractivity contribution in [1.82, 2.24) is 15.1 Å². The third kappa shape index (κ3) is 4.74. The number of hydrogen-bond donors (Lipinski definition) is 1. The fourth-order valence-electron chi connectivity index (χ4n) is 2.49. The SMILES string of the molecule is CCNC(=O)N1CCN(C(=O)/C=C/c2cc(Br)ccc2OC)CC1. The van der Waals surface area contributed by atoms with E-state index in [0.717, 1.165) is 10.0 Å². The number of benzene rings is 1. The van der Waals surface area contributed by atoms with Crippen molar-refractivity contribution in [3.63, 3.8) is 0 Å². The first-order valence-electron chi connectivity index (χ1n) is 7.88. The Morgan fingerprint density at radius 3 is 2.54 bits per heavy atom. The molecule has 1 fully saturated rings. The van der Waals surface area contributed by atoms with Crippen molar-refractivity contribution < 1.29 is 14.3 Å². The lowest BCUT2D eigenvalue weighted by atomic mass is 10.2. The van der Waals surface area contributed by atoms with Crippen LogP contribution in [0.15, 0.2) is 28.7 Å². The second kappa shape index (κ2) is 8.73. The molecule has 2 rings (SSSR count). The van der Waals surface area contributed by atoms with Gasteiger partial charge in [0.05, 0.1) is 7.11 Å². The van der Waals surface area contributed by atoms with Gasteiger partial charge in [-0.2, -0.15) is 0 Å². The Bertz CT molecular complexity index is 626. The minimum Gasteiger partial charge on any atom is -0.496 e. The van der Waals surface area contributed by atoms with E-state index in [2.05, 4.69) is 21.2 Å². The molecule has 1 aliphatic rings. The molecule has 1 heterocycles. The molecule has 0 bridgehead atoms. The summed E-state index contributed by atoms with van der Waals surface area (Å²) in [5, 5.41) is 2.78. The smallest absolute Gasteiger partial charge is 0.317 e. The molecule has 0 aliphatic carbocycles. The number of carbonyl (C=O) groups excluding carboxylic acids is 2. The van der Waals surface area contributed by atoms with Gasteiger partial charge in [-0.3, -0.25) is 4.79 Å². The van der Waals surface area contributed by atoms with Crippen molar-refractivity contribution in [1.29, 1.82) is 0 Å². The minimum atomic E-state index is -0.0704. The molecule has 0 radical (unpaired) electrons. The number of halogens is 1. The number of ether oxygens (including phenoxy) is 1. The Labute approximate surface area is 150 Å². The van der Waals surface area contributed by atoms with Gasteiger partial charge in [-0.15, -0.1) is 0 Å². The van der Waals surface area contributed by atoms with Gasteiger partial charge in [-0.05, 0) is 31.2 Å². The molecule has 7 heteroatoms. The molecule has 1 saturated heterocycles. The fraction of sp³-hybridized carbons (Fsp3) is 0.412. The highest BCUT2D eigenvalue weighted by Gasteiger charge is 2.22. The van der Waals surface area contributed by atoms with Gasteiger partial charge in [0.15, 0.2) is 0 Å². The second-order valence-electron chi connectivity index (χ2n) is 5.37. The highest BCUT2D eigenvalue weighted by molar-refractivity contribution is 9.10. The monoisotopic (exact) mass is 395 g/mol. The summed E-state index contributed by atoms with van der Waals surface area (Å²) in [5.74, 6) is 0.649. The lowest BCUT2D eigenvalue weighted by Crippen LogP contribution is -2.52. The van der Waals surface area contributed by atoms with Crippen LogP contribution in [-0.4, -0.2) is 61.6 Å². The molecule has 130 valence electrons. The molecule has 1 aliphatic heterocycles. The normalized spacial score (nSPS) is 14.8. The third-order valence-corrected chi connectivity index (χ3v) is 4.30. The van der Waals surface area contributed by atoms with Gasteiger partial charge in [-0.1, -0.05) is 15.9 Å². The van der Waals surface area contributed by atoms with E-state index in [9.17, 15) is 9.59 Å². The summed E-state index contributed by atoms with van der Waals surface area (Å²) in [5.41, 5.74) is 0.834. The number of methoxy groups -OCH3 is 1. The molecule has 0 saturated carbocycles. The van der Waals surface area contributed by atoms with Crippen molar-refractivity contribution in [3.8, 4) is 5.75 Å². The van der Waals surface area contributed by atoms with E-state index in [4.69, 9.17) is 4.74 Å². The number of nitrogens with one attached hydrogen (secondary N) is 1. The summed E-state index contributed by atoms with van der Waals surface area (Å²) in [4.78, 5) is 27.6. The summed E-state index contributed by atoms with van der Waals surface area (Å²) < 4.78 is 6.22. The molecule has 6 nitrogen and oxygen atoms in total. The number of hydrogen-bond acceptors (Lipinski definition) is 3. The van der Waals surface area contributed by atoms with Crippen LogP contribution in [0.5, 0.6) is 5.75 Å². The van der Waals surface area contributed by atoms with E-state index in [1.54, 1.807) is 29.1 Å². The number of rotatable bonds is 4. The standard InChI is InChI=1S/C17H22BrN3O3/c1-3-19-17(23)21-10-8-20(9-11-21)16(22)7-4-13-12-14(18)5-6-15(13)24-2/h4-7,12H,3,8-11H2,1-2H3,(H,19,23)/b7-4+. The molecular formula is C17H22BrN3O3. The fourth-order valence-corrected chi connectivity index (χ4v) is 2.87. The molecule has 24 heavy (non-hydrogen) atoms. The average Bonchev–Trinajstić information content (AvgIpc) is 2.60. The summed E-state index contributed by atoms with van der Waals surface area (Å²) in [7, 11) is 1.60. The maximum absolute atomic E-state index is 12.3. The van der Waals surface area contributed by atoms with E-state index >= 15 is 0 Å². The number of amides is 3. The van der Waals surface area contributed by atoms with Crippen LogP contribution in [0.3, 0.4) is 0 Å². The summed E-state index contributed by atoms with van der Waals surface area (Å²) in [6, 6.07) is 5.56. The zero-order valence-corrected chi connectivity index (χ0v) is 15.5. The van der Waals surface area contributed by atoms with Crippen LogP contribution < -0.4 is 10.1 Å². The van der Waals surface area contributed by atoms with E-state index < -0.39 is 0 Å². The van der Waals surface area contributed by atoms with Crippen LogP contribution in [0.25, 0.3) is 6.08 Å².